The molecule has 16 heavy (non-hydrogen) atoms. The minimum Gasteiger partial charge on any atom is -0.478 e. The SMILES string of the molecule is CC(C)(C)CC1Oc2ccncc2NC1=O. The van der Waals surface area contributed by atoms with Crippen molar-refractivity contribution in [3.8, 4) is 5.75 Å². The highest BCUT2D eigenvalue weighted by Crippen LogP contribution is 2.32. The highest BCUT2D eigenvalue weighted by atomic mass is 16.5. The lowest BCUT2D eigenvalue weighted by Gasteiger charge is -2.29. The molecule has 4 nitrogen and oxygen atoms in total. The molecular weight excluding hydrogens is 204 g/mol. The van der Waals surface area contributed by atoms with Crippen molar-refractivity contribution in [1.82, 2.24) is 4.98 Å². The van der Waals surface area contributed by atoms with Gasteiger partial charge in [0.15, 0.2) is 6.10 Å². The molecule has 1 unspecified atom stereocenters. The Morgan fingerprint density at radius 2 is 2.25 bits per heavy atom. The molecule has 1 aliphatic heterocycles. The summed E-state index contributed by atoms with van der Waals surface area (Å²) >= 11 is 0. The number of nitrogens with zero attached hydrogens (tertiary/aromatic N) is 1. The maximum Gasteiger partial charge on any atom is 0.265 e. The van der Waals surface area contributed by atoms with E-state index in [1.165, 1.54) is 0 Å². The Labute approximate surface area is 95.0 Å². The summed E-state index contributed by atoms with van der Waals surface area (Å²) < 4.78 is 5.67. The summed E-state index contributed by atoms with van der Waals surface area (Å²) in [6.45, 7) is 6.27. The number of hydrogen-bond acceptors (Lipinski definition) is 3. The van der Waals surface area contributed by atoms with E-state index in [4.69, 9.17) is 4.74 Å². The van der Waals surface area contributed by atoms with Crippen molar-refractivity contribution in [3.63, 3.8) is 0 Å². The molecule has 1 aliphatic rings. The number of pyridine rings is 1. The number of hydrogen-bond donors (Lipinski definition) is 1. The highest BCUT2D eigenvalue weighted by Gasteiger charge is 2.31. The number of amides is 1. The Bertz CT molecular complexity index is 410. The number of carbonyl (C=O) groups is 1. The third kappa shape index (κ3) is 2.32. The van der Waals surface area contributed by atoms with E-state index in [1.807, 2.05) is 0 Å². The zero-order chi connectivity index (χ0) is 11.8. The fraction of sp³-hybridized carbons (Fsp3) is 0.500. The number of rotatable bonds is 1. The topological polar surface area (TPSA) is 51.2 Å². The molecule has 0 saturated carbocycles. The van der Waals surface area contributed by atoms with Crippen LogP contribution in [0.5, 0.6) is 5.75 Å². The van der Waals surface area contributed by atoms with Crippen LogP contribution < -0.4 is 10.1 Å². The van der Waals surface area contributed by atoms with Crippen molar-refractivity contribution >= 4 is 11.6 Å². The Morgan fingerprint density at radius 1 is 1.50 bits per heavy atom. The van der Waals surface area contributed by atoms with Crippen LogP contribution in [0.25, 0.3) is 0 Å². The van der Waals surface area contributed by atoms with Crippen LogP contribution in [0.3, 0.4) is 0 Å². The van der Waals surface area contributed by atoms with E-state index in [0.29, 0.717) is 17.9 Å². The molecule has 1 amide bonds. The van der Waals surface area contributed by atoms with Gasteiger partial charge in [0.2, 0.25) is 0 Å². The van der Waals surface area contributed by atoms with Gasteiger partial charge in [0.1, 0.15) is 11.4 Å². The van der Waals surface area contributed by atoms with Gasteiger partial charge in [-0.2, -0.15) is 0 Å². The lowest BCUT2D eigenvalue weighted by atomic mass is 9.88. The highest BCUT2D eigenvalue weighted by molar-refractivity contribution is 5.97. The maximum absolute atomic E-state index is 11.8. The van der Waals surface area contributed by atoms with E-state index < -0.39 is 6.10 Å². The van der Waals surface area contributed by atoms with Gasteiger partial charge < -0.3 is 10.1 Å². The molecule has 4 heteroatoms. The zero-order valence-electron chi connectivity index (χ0n) is 9.78. The quantitative estimate of drug-likeness (QED) is 0.789. The van der Waals surface area contributed by atoms with Gasteiger partial charge in [-0.05, 0) is 11.8 Å². The molecule has 0 aromatic carbocycles. The van der Waals surface area contributed by atoms with E-state index in [2.05, 4.69) is 31.1 Å². The van der Waals surface area contributed by atoms with Gasteiger partial charge in [0.25, 0.3) is 5.91 Å². The normalized spacial score (nSPS) is 19.7. The van der Waals surface area contributed by atoms with E-state index in [-0.39, 0.29) is 11.3 Å². The average Bonchev–Trinajstić information content (AvgIpc) is 2.17. The molecule has 86 valence electrons. The maximum atomic E-state index is 11.8. The number of nitrogens with one attached hydrogen (secondary N) is 1. The molecule has 0 aliphatic carbocycles. The molecule has 1 aromatic heterocycles. The minimum absolute atomic E-state index is 0.0620. The monoisotopic (exact) mass is 220 g/mol. The number of fused-ring (bicyclic) bond motifs is 1. The first-order chi connectivity index (χ1) is 7.46. The van der Waals surface area contributed by atoms with Crippen LogP contribution in [0.2, 0.25) is 0 Å². The molecule has 0 fully saturated rings. The van der Waals surface area contributed by atoms with Crippen LogP contribution in [0.4, 0.5) is 5.69 Å². The predicted octanol–water partition coefficient (Wildman–Crippen LogP) is 2.22. The molecule has 1 N–H and O–H groups in total. The molecule has 0 spiro atoms. The molecule has 2 heterocycles. The summed E-state index contributed by atoms with van der Waals surface area (Å²) in [6.07, 6.45) is 3.54. The molecule has 1 aromatic rings. The fourth-order valence-electron chi connectivity index (χ4n) is 1.69. The summed E-state index contributed by atoms with van der Waals surface area (Å²) in [6, 6.07) is 1.77. The first kappa shape index (κ1) is 10.9. The van der Waals surface area contributed by atoms with E-state index in [1.54, 1.807) is 18.5 Å². The lowest BCUT2D eigenvalue weighted by molar-refractivity contribution is -0.124. The number of aromatic nitrogens is 1. The molecule has 0 bridgehead atoms. The predicted molar refractivity (Wildman–Crippen MR) is 61.4 cm³/mol. The lowest BCUT2D eigenvalue weighted by Crippen LogP contribution is -2.39. The van der Waals surface area contributed by atoms with Gasteiger partial charge in [0.05, 0.1) is 6.20 Å². The van der Waals surface area contributed by atoms with Gasteiger partial charge in [-0.1, -0.05) is 20.8 Å². The standard InChI is InChI=1S/C12H16N2O2/c1-12(2,3)6-10-11(15)14-8-7-13-5-4-9(8)16-10/h4-5,7,10H,6H2,1-3H3,(H,14,15). The smallest absolute Gasteiger partial charge is 0.265 e. The Morgan fingerprint density at radius 3 is 2.94 bits per heavy atom. The largest absolute Gasteiger partial charge is 0.478 e. The number of anilines is 1. The van der Waals surface area contributed by atoms with Gasteiger partial charge in [-0.25, -0.2) is 0 Å². The van der Waals surface area contributed by atoms with Crippen molar-refractivity contribution in [1.29, 1.82) is 0 Å². The van der Waals surface area contributed by atoms with Crippen molar-refractivity contribution in [2.24, 2.45) is 5.41 Å². The summed E-state index contributed by atoms with van der Waals surface area (Å²) in [7, 11) is 0. The Hall–Kier alpha value is -1.58. The first-order valence-electron chi connectivity index (χ1n) is 5.37. The second kappa shape index (κ2) is 3.77. The summed E-state index contributed by atoms with van der Waals surface area (Å²) in [4.78, 5) is 15.7. The molecular formula is C12H16N2O2. The Balaban J connectivity index is 2.18. The molecule has 1 atom stereocenters. The van der Waals surface area contributed by atoms with Crippen molar-refractivity contribution in [2.75, 3.05) is 5.32 Å². The second-order valence-corrected chi connectivity index (χ2v) is 5.23. The Kier molecular flexibility index (Phi) is 2.58. The number of ether oxygens (including phenoxy) is 1. The minimum atomic E-state index is -0.408. The summed E-state index contributed by atoms with van der Waals surface area (Å²) in [5.74, 6) is 0.610. The van der Waals surface area contributed by atoms with Gasteiger partial charge in [0, 0.05) is 12.3 Å². The molecule has 2 rings (SSSR count). The van der Waals surface area contributed by atoms with Crippen LogP contribution in [0, 0.1) is 5.41 Å². The van der Waals surface area contributed by atoms with Crippen LogP contribution in [-0.2, 0) is 4.79 Å². The van der Waals surface area contributed by atoms with Crippen molar-refractivity contribution in [2.45, 2.75) is 33.3 Å². The fourth-order valence-corrected chi connectivity index (χ4v) is 1.69. The zero-order valence-corrected chi connectivity index (χ0v) is 9.78. The van der Waals surface area contributed by atoms with E-state index in [0.717, 1.165) is 0 Å². The molecule has 0 saturated heterocycles. The van der Waals surface area contributed by atoms with Crippen LogP contribution >= 0.6 is 0 Å². The van der Waals surface area contributed by atoms with Gasteiger partial charge in [-0.3, -0.25) is 9.78 Å². The van der Waals surface area contributed by atoms with Gasteiger partial charge in [-0.15, -0.1) is 0 Å². The summed E-state index contributed by atoms with van der Waals surface area (Å²) in [5.41, 5.74) is 0.713. The first-order valence-corrected chi connectivity index (χ1v) is 5.37. The van der Waals surface area contributed by atoms with Gasteiger partial charge >= 0.3 is 0 Å². The van der Waals surface area contributed by atoms with Crippen LogP contribution in [0.1, 0.15) is 27.2 Å². The third-order valence-corrected chi connectivity index (χ3v) is 2.40. The van der Waals surface area contributed by atoms with Crippen LogP contribution in [0.15, 0.2) is 18.5 Å². The van der Waals surface area contributed by atoms with Crippen molar-refractivity contribution in [3.05, 3.63) is 18.5 Å². The van der Waals surface area contributed by atoms with Crippen LogP contribution in [-0.4, -0.2) is 17.0 Å². The second-order valence-electron chi connectivity index (χ2n) is 5.23. The van der Waals surface area contributed by atoms with E-state index >= 15 is 0 Å². The van der Waals surface area contributed by atoms with E-state index in [9.17, 15) is 4.79 Å². The third-order valence-electron chi connectivity index (χ3n) is 2.40. The average molecular weight is 220 g/mol. The molecule has 0 radical (unpaired) electrons. The van der Waals surface area contributed by atoms with Crippen molar-refractivity contribution < 1.29 is 9.53 Å². The number of carbonyl (C=O) groups excluding carboxylic acids is 1. The summed E-state index contributed by atoms with van der Waals surface area (Å²) in [5, 5.41) is 2.81.